The maximum absolute atomic E-state index is 14.1. The summed E-state index contributed by atoms with van der Waals surface area (Å²) in [6.45, 7) is 2.47. The van der Waals surface area contributed by atoms with Crippen molar-refractivity contribution in [2.45, 2.75) is 13.3 Å². The molecule has 0 aliphatic rings. The van der Waals surface area contributed by atoms with Crippen LogP contribution in [0, 0.1) is 11.6 Å². The number of anilines is 2. The lowest BCUT2D eigenvalue weighted by Gasteiger charge is -2.16. The Hall–Kier alpha value is -2.35. The van der Waals surface area contributed by atoms with Crippen LogP contribution in [0.5, 0.6) is 11.5 Å². The molecular weight excluding hydrogens is 422 g/mol. The van der Waals surface area contributed by atoms with E-state index in [1.807, 2.05) is 6.92 Å². The molecule has 27 heavy (non-hydrogen) atoms. The van der Waals surface area contributed by atoms with Gasteiger partial charge in [0, 0.05) is 25.3 Å². The van der Waals surface area contributed by atoms with Crippen molar-refractivity contribution in [1.29, 1.82) is 0 Å². The summed E-state index contributed by atoms with van der Waals surface area (Å²) >= 11 is 3.36. The molecule has 0 saturated carbocycles. The predicted molar refractivity (Wildman–Crippen MR) is 105 cm³/mol. The van der Waals surface area contributed by atoms with Gasteiger partial charge in [0.15, 0.2) is 23.1 Å². The first kappa shape index (κ1) is 21.0. The molecule has 0 spiro atoms. The number of hydrogen-bond acceptors (Lipinski definition) is 4. The lowest BCUT2D eigenvalue weighted by Crippen LogP contribution is -2.16. The molecule has 0 heterocycles. The highest BCUT2D eigenvalue weighted by molar-refractivity contribution is 9.10. The van der Waals surface area contributed by atoms with Gasteiger partial charge in [-0.15, -0.1) is 0 Å². The molecule has 0 radical (unpaired) electrons. The number of nitrogens with zero attached hydrogens (tertiary/aromatic N) is 1. The minimum atomic E-state index is -0.766. The minimum Gasteiger partial charge on any atom is -0.493 e. The minimum absolute atomic E-state index is 0.0157. The van der Waals surface area contributed by atoms with Crippen LogP contribution in [-0.2, 0) is 0 Å². The second-order valence-corrected chi connectivity index (χ2v) is 6.83. The maximum atomic E-state index is 14.1. The number of rotatable bonds is 7. The van der Waals surface area contributed by atoms with Crippen LogP contribution in [0.1, 0.15) is 23.7 Å². The first-order valence-corrected chi connectivity index (χ1v) is 9.05. The van der Waals surface area contributed by atoms with Crippen LogP contribution in [0.15, 0.2) is 28.7 Å². The van der Waals surface area contributed by atoms with Gasteiger partial charge in [0.05, 0.1) is 18.2 Å². The standard InChI is InChI=1S/C19H21BrF2N2O3/c1-5-6-27-18-13(20)7-11(8-16(18)26-4)19(25)23-12-9-14(21)17(24(2)3)15(22)10-12/h7-10H,5-6H2,1-4H3,(H,23,25). The van der Waals surface area contributed by atoms with Crippen molar-refractivity contribution in [2.24, 2.45) is 0 Å². The Morgan fingerprint density at radius 1 is 1.19 bits per heavy atom. The number of benzene rings is 2. The predicted octanol–water partition coefficient (Wildman–Crippen LogP) is 4.84. The molecule has 0 aromatic heterocycles. The Morgan fingerprint density at radius 2 is 1.81 bits per heavy atom. The van der Waals surface area contributed by atoms with E-state index >= 15 is 0 Å². The van der Waals surface area contributed by atoms with Gasteiger partial charge in [0.1, 0.15) is 5.69 Å². The fraction of sp³-hybridized carbons (Fsp3) is 0.316. The summed E-state index contributed by atoms with van der Waals surface area (Å²) in [7, 11) is 4.53. The average Bonchev–Trinajstić information content (AvgIpc) is 2.59. The smallest absolute Gasteiger partial charge is 0.255 e. The largest absolute Gasteiger partial charge is 0.493 e. The molecule has 0 bridgehead atoms. The first-order chi connectivity index (χ1) is 12.8. The molecular formula is C19H21BrF2N2O3. The Labute approximate surface area is 165 Å². The summed E-state index contributed by atoms with van der Waals surface area (Å²) in [5, 5.41) is 2.49. The number of nitrogens with one attached hydrogen (secondary N) is 1. The van der Waals surface area contributed by atoms with Crippen LogP contribution >= 0.6 is 15.9 Å². The number of halogens is 3. The van der Waals surface area contributed by atoms with E-state index in [2.05, 4.69) is 21.2 Å². The van der Waals surface area contributed by atoms with Crippen LogP contribution < -0.4 is 19.7 Å². The Kier molecular flexibility index (Phi) is 7.01. The lowest BCUT2D eigenvalue weighted by molar-refractivity contribution is 0.102. The van der Waals surface area contributed by atoms with Gasteiger partial charge in [-0.25, -0.2) is 8.78 Å². The summed E-state index contributed by atoms with van der Waals surface area (Å²) in [4.78, 5) is 13.8. The number of hydrogen-bond donors (Lipinski definition) is 1. The van der Waals surface area contributed by atoms with Crippen LogP contribution in [0.2, 0.25) is 0 Å². The Bertz CT molecular complexity index is 821. The molecule has 0 fully saturated rings. The molecule has 2 aromatic rings. The van der Waals surface area contributed by atoms with E-state index in [1.165, 1.54) is 32.2 Å². The summed E-state index contributed by atoms with van der Waals surface area (Å²) in [5.74, 6) is -1.20. The molecule has 8 heteroatoms. The van der Waals surface area contributed by atoms with Gasteiger partial charge < -0.3 is 19.7 Å². The second kappa shape index (κ2) is 9.03. The quantitative estimate of drug-likeness (QED) is 0.666. The SMILES string of the molecule is CCCOc1c(Br)cc(C(=O)Nc2cc(F)c(N(C)C)c(F)c2)cc1OC. The van der Waals surface area contributed by atoms with Crippen molar-refractivity contribution in [3.63, 3.8) is 0 Å². The van der Waals surface area contributed by atoms with E-state index in [4.69, 9.17) is 9.47 Å². The topological polar surface area (TPSA) is 50.8 Å². The third-order valence-electron chi connectivity index (χ3n) is 3.66. The zero-order chi connectivity index (χ0) is 20.1. The first-order valence-electron chi connectivity index (χ1n) is 8.26. The number of carbonyl (C=O) groups excluding carboxylic acids is 1. The highest BCUT2D eigenvalue weighted by atomic mass is 79.9. The Balaban J connectivity index is 2.29. The summed E-state index contributed by atoms with van der Waals surface area (Å²) < 4.78 is 39.6. The molecule has 0 aliphatic carbocycles. The number of methoxy groups -OCH3 is 1. The second-order valence-electron chi connectivity index (χ2n) is 5.97. The molecule has 0 saturated heterocycles. The van der Waals surface area contributed by atoms with Crippen molar-refractivity contribution < 1.29 is 23.0 Å². The van der Waals surface area contributed by atoms with E-state index in [1.54, 1.807) is 6.07 Å². The highest BCUT2D eigenvalue weighted by Crippen LogP contribution is 2.37. The monoisotopic (exact) mass is 442 g/mol. The van der Waals surface area contributed by atoms with Crippen molar-refractivity contribution in [1.82, 2.24) is 0 Å². The Morgan fingerprint density at radius 3 is 2.33 bits per heavy atom. The molecule has 2 aromatic carbocycles. The van der Waals surface area contributed by atoms with Crippen molar-refractivity contribution in [2.75, 3.05) is 38.0 Å². The van der Waals surface area contributed by atoms with Gasteiger partial charge in [0.25, 0.3) is 5.91 Å². The number of ether oxygens (including phenoxy) is 2. The third-order valence-corrected chi connectivity index (χ3v) is 4.25. The van der Waals surface area contributed by atoms with Crippen LogP contribution in [0.3, 0.4) is 0 Å². The molecule has 0 aliphatic heterocycles. The average molecular weight is 443 g/mol. The summed E-state index contributed by atoms with van der Waals surface area (Å²) in [5.41, 5.74) is 0.0944. The maximum Gasteiger partial charge on any atom is 0.255 e. The number of amides is 1. The zero-order valence-electron chi connectivity index (χ0n) is 15.5. The zero-order valence-corrected chi connectivity index (χ0v) is 17.1. The van der Waals surface area contributed by atoms with Gasteiger partial charge in [-0.05, 0) is 46.6 Å². The third kappa shape index (κ3) is 4.88. The van der Waals surface area contributed by atoms with E-state index in [9.17, 15) is 13.6 Å². The highest BCUT2D eigenvalue weighted by Gasteiger charge is 2.18. The van der Waals surface area contributed by atoms with Crippen LogP contribution in [0.4, 0.5) is 20.2 Å². The molecule has 146 valence electrons. The molecule has 0 unspecified atom stereocenters. The van der Waals surface area contributed by atoms with Crippen molar-refractivity contribution in [3.8, 4) is 11.5 Å². The van der Waals surface area contributed by atoms with Crippen molar-refractivity contribution >= 4 is 33.2 Å². The van der Waals surface area contributed by atoms with Gasteiger partial charge in [-0.2, -0.15) is 0 Å². The van der Waals surface area contributed by atoms with E-state index in [0.29, 0.717) is 22.6 Å². The van der Waals surface area contributed by atoms with Crippen molar-refractivity contribution in [3.05, 3.63) is 45.9 Å². The van der Waals surface area contributed by atoms with Gasteiger partial charge >= 0.3 is 0 Å². The summed E-state index contributed by atoms with van der Waals surface area (Å²) in [6, 6.07) is 5.21. The lowest BCUT2D eigenvalue weighted by atomic mass is 10.1. The normalized spacial score (nSPS) is 10.5. The van der Waals surface area contributed by atoms with Gasteiger partial charge in [-0.3, -0.25) is 4.79 Å². The molecule has 0 atom stereocenters. The van der Waals surface area contributed by atoms with Gasteiger partial charge in [-0.1, -0.05) is 6.92 Å². The molecule has 1 amide bonds. The molecule has 2 rings (SSSR count). The fourth-order valence-corrected chi connectivity index (χ4v) is 3.02. The fourth-order valence-electron chi connectivity index (χ4n) is 2.46. The summed E-state index contributed by atoms with van der Waals surface area (Å²) in [6.07, 6.45) is 0.817. The van der Waals surface area contributed by atoms with Gasteiger partial charge in [0.2, 0.25) is 0 Å². The van der Waals surface area contributed by atoms with E-state index in [0.717, 1.165) is 18.6 Å². The van der Waals surface area contributed by atoms with E-state index in [-0.39, 0.29) is 16.9 Å². The number of carbonyl (C=O) groups is 1. The van der Waals surface area contributed by atoms with Crippen LogP contribution in [-0.4, -0.2) is 33.7 Å². The van der Waals surface area contributed by atoms with Crippen LogP contribution in [0.25, 0.3) is 0 Å². The molecule has 1 N–H and O–H groups in total. The van der Waals surface area contributed by atoms with E-state index < -0.39 is 17.5 Å². The molecule has 5 nitrogen and oxygen atoms in total.